The van der Waals surface area contributed by atoms with Crippen molar-refractivity contribution in [2.24, 2.45) is 22.7 Å². The van der Waals surface area contributed by atoms with E-state index in [1.54, 1.807) is 6.07 Å². The van der Waals surface area contributed by atoms with Crippen molar-refractivity contribution in [1.29, 1.82) is 0 Å². The number of carbonyl (C=O) groups excluding carboxylic acids is 2. The van der Waals surface area contributed by atoms with E-state index in [4.69, 9.17) is 5.73 Å². The summed E-state index contributed by atoms with van der Waals surface area (Å²) < 4.78 is 0. The van der Waals surface area contributed by atoms with Gasteiger partial charge >= 0.3 is 0 Å². The van der Waals surface area contributed by atoms with Gasteiger partial charge in [0, 0.05) is 15.5 Å². The number of phenols is 2. The molecule has 0 saturated carbocycles. The van der Waals surface area contributed by atoms with Gasteiger partial charge < -0.3 is 15.9 Å². The summed E-state index contributed by atoms with van der Waals surface area (Å²) in [6.07, 6.45) is 4.81. The minimum absolute atomic E-state index is 0.0143. The molecule has 3 aromatic carbocycles. The normalized spacial score (nSPS) is 14.7. The van der Waals surface area contributed by atoms with Gasteiger partial charge in [-0.05, 0) is 96.6 Å². The molecule has 44 heavy (non-hydrogen) atoms. The number of fused-ring (bicyclic) bond motifs is 2. The van der Waals surface area contributed by atoms with Crippen molar-refractivity contribution in [1.82, 2.24) is 0 Å². The maximum Gasteiger partial charge on any atom is 0.200 e. The molecule has 1 aliphatic carbocycles. The number of benzene rings is 3. The third-order valence-electron chi connectivity index (χ3n) is 8.37. The molecule has 3 aromatic rings. The van der Waals surface area contributed by atoms with Crippen LogP contribution in [0.4, 0.5) is 5.69 Å². The third kappa shape index (κ3) is 7.69. The zero-order valence-corrected chi connectivity index (χ0v) is 28.5. The first-order valence-corrected chi connectivity index (χ1v) is 16.6. The summed E-state index contributed by atoms with van der Waals surface area (Å²) in [5.74, 6) is -0.539. The molecule has 0 aromatic heterocycles. The highest BCUT2D eigenvalue weighted by molar-refractivity contribution is 7.99. The van der Waals surface area contributed by atoms with Crippen molar-refractivity contribution in [2.75, 3.05) is 5.73 Å². The highest BCUT2D eigenvalue weighted by Crippen LogP contribution is 2.47. The molecule has 0 aliphatic heterocycles. The van der Waals surface area contributed by atoms with Gasteiger partial charge in [-0.15, -0.1) is 0 Å². The van der Waals surface area contributed by atoms with Crippen molar-refractivity contribution in [3.05, 3.63) is 75.8 Å². The van der Waals surface area contributed by atoms with Crippen LogP contribution in [0.3, 0.4) is 0 Å². The monoisotopic (exact) mass is 615 g/mol. The van der Waals surface area contributed by atoms with Crippen LogP contribution in [0.2, 0.25) is 0 Å². The molecule has 0 amide bonds. The molecule has 5 nitrogen and oxygen atoms in total. The number of aryl methyl sites for hydroxylation is 2. The number of phenolic OH excluding ortho intramolecular Hbond substituents is 2. The summed E-state index contributed by atoms with van der Waals surface area (Å²) in [5.41, 5.74) is 8.23. The minimum atomic E-state index is -0.521. The molecule has 0 heterocycles. The predicted octanol–water partition coefficient (Wildman–Crippen LogP) is 9.62. The van der Waals surface area contributed by atoms with Gasteiger partial charge in [0.2, 0.25) is 5.78 Å². The Morgan fingerprint density at radius 3 is 1.66 bits per heavy atom. The van der Waals surface area contributed by atoms with Crippen molar-refractivity contribution >= 4 is 29.0 Å². The average Bonchev–Trinajstić information content (AvgIpc) is 2.90. The van der Waals surface area contributed by atoms with Gasteiger partial charge in [0.1, 0.15) is 11.5 Å². The molecule has 0 fully saturated rings. The summed E-state index contributed by atoms with van der Waals surface area (Å²) in [4.78, 5) is 30.0. The van der Waals surface area contributed by atoms with Crippen molar-refractivity contribution in [3.63, 3.8) is 0 Å². The molecule has 6 heteroatoms. The maximum absolute atomic E-state index is 14.3. The molecule has 2 unspecified atom stereocenters. The Hall–Kier alpha value is -3.25. The lowest BCUT2D eigenvalue weighted by molar-refractivity contribution is 0.0972. The van der Waals surface area contributed by atoms with Gasteiger partial charge in [-0.25, -0.2) is 0 Å². The number of nitrogen functional groups attached to an aromatic ring is 1. The molecule has 4 N–H and O–H groups in total. The van der Waals surface area contributed by atoms with Crippen LogP contribution in [-0.2, 0) is 12.8 Å². The van der Waals surface area contributed by atoms with E-state index in [2.05, 4.69) is 55.4 Å². The van der Waals surface area contributed by atoms with Gasteiger partial charge in [-0.3, -0.25) is 9.59 Å². The van der Waals surface area contributed by atoms with Crippen LogP contribution in [-0.4, -0.2) is 21.8 Å². The molecule has 2 atom stereocenters. The highest BCUT2D eigenvalue weighted by atomic mass is 32.2. The number of anilines is 1. The van der Waals surface area contributed by atoms with E-state index < -0.39 is 11.6 Å². The molecular weight excluding hydrogens is 566 g/mol. The predicted molar refractivity (Wildman–Crippen MR) is 181 cm³/mol. The SMILES string of the molecule is CC(CCc1cc(N)c2c(c1O)C(=O)c1c(Sc3ccccc3)cc(CCC(C)CC(C)(C)C)c(O)c1C2=O)CC(C)(C)C. The summed E-state index contributed by atoms with van der Waals surface area (Å²) in [7, 11) is 0. The quantitative estimate of drug-likeness (QED) is 0.121. The first kappa shape index (κ1) is 33.6. The number of nitrogens with two attached hydrogens (primary N) is 1. The van der Waals surface area contributed by atoms with Gasteiger partial charge in [0.25, 0.3) is 0 Å². The standard InChI is InChI=1S/C38H49NO4S/c1-22(20-37(3,4)5)14-16-24-18-27(39)29-31(33(24)40)36(43)30-28(44-26-12-10-9-11-13-26)19-25(34(41)32(30)35(29)42)17-15-23(2)21-38(6,7)8/h9-13,18-19,22-23,40-41H,14-17,20-21,39H2,1-8H3. The summed E-state index contributed by atoms with van der Waals surface area (Å²) in [5, 5.41) is 23.0. The smallest absolute Gasteiger partial charge is 0.200 e. The van der Waals surface area contributed by atoms with Crippen LogP contribution in [0.5, 0.6) is 11.5 Å². The average molecular weight is 616 g/mol. The van der Waals surface area contributed by atoms with Gasteiger partial charge in [0.15, 0.2) is 5.78 Å². The number of rotatable bonds is 10. The Morgan fingerprint density at radius 1 is 0.705 bits per heavy atom. The molecule has 4 rings (SSSR count). The largest absolute Gasteiger partial charge is 0.507 e. The number of hydrogen-bond donors (Lipinski definition) is 3. The Bertz CT molecular complexity index is 1550. The van der Waals surface area contributed by atoms with E-state index in [0.717, 1.165) is 30.6 Å². The Kier molecular flexibility index (Phi) is 9.94. The summed E-state index contributed by atoms with van der Waals surface area (Å²) in [6.45, 7) is 17.7. The molecule has 0 saturated heterocycles. The van der Waals surface area contributed by atoms with E-state index in [1.807, 2.05) is 36.4 Å². The van der Waals surface area contributed by atoms with Crippen molar-refractivity contribution in [2.45, 2.75) is 104 Å². The molecule has 0 bridgehead atoms. The van der Waals surface area contributed by atoms with Gasteiger partial charge in [-0.2, -0.15) is 0 Å². The van der Waals surface area contributed by atoms with E-state index in [-0.39, 0.29) is 50.3 Å². The first-order valence-electron chi connectivity index (χ1n) is 15.8. The number of hydrogen-bond acceptors (Lipinski definition) is 6. The maximum atomic E-state index is 14.3. The van der Waals surface area contributed by atoms with Gasteiger partial charge in [0.05, 0.1) is 22.3 Å². The van der Waals surface area contributed by atoms with E-state index in [1.165, 1.54) is 11.8 Å². The van der Waals surface area contributed by atoms with Crippen molar-refractivity contribution in [3.8, 4) is 11.5 Å². The fourth-order valence-electron chi connectivity index (χ4n) is 6.79. The van der Waals surface area contributed by atoms with E-state index in [0.29, 0.717) is 40.7 Å². The molecular formula is C38H49NO4S. The third-order valence-corrected chi connectivity index (χ3v) is 9.42. The van der Waals surface area contributed by atoms with Crippen LogP contribution >= 0.6 is 11.8 Å². The number of aromatic hydroxyl groups is 2. The molecule has 236 valence electrons. The van der Waals surface area contributed by atoms with Gasteiger partial charge in [-0.1, -0.05) is 85.4 Å². The Balaban J connectivity index is 1.78. The minimum Gasteiger partial charge on any atom is -0.507 e. The Morgan fingerprint density at radius 2 is 1.16 bits per heavy atom. The Labute approximate surface area is 267 Å². The summed E-state index contributed by atoms with van der Waals surface area (Å²) >= 11 is 1.39. The fraction of sp³-hybridized carbons (Fsp3) is 0.474. The highest BCUT2D eigenvalue weighted by Gasteiger charge is 2.39. The first-order chi connectivity index (χ1) is 20.5. The van der Waals surface area contributed by atoms with Crippen LogP contribution in [0.25, 0.3) is 0 Å². The van der Waals surface area contributed by atoms with E-state index >= 15 is 0 Å². The molecule has 0 radical (unpaired) electrons. The number of ketones is 2. The summed E-state index contributed by atoms with van der Waals surface area (Å²) in [6, 6.07) is 13.1. The fourth-order valence-corrected chi connectivity index (χ4v) is 7.84. The van der Waals surface area contributed by atoms with Crippen LogP contribution < -0.4 is 5.73 Å². The van der Waals surface area contributed by atoms with Crippen molar-refractivity contribution < 1.29 is 19.8 Å². The zero-order chi connectivity index (χ0) is 32.6. The second kappa shape index (κ2) is 13.0. The topological polar surface area (TPSA) is 101 Å². The zero-order valence-electron chi connectivity index (χ0n) is 27.6. The number of carbonyl (C=O) groups is 2. The van der Waals surface area contributed by atoms with Crippen LogP contribution in [0.15, 0.2) is 52.3 Å². The van der Waals surface area contributed by atoms with Crippen LogP contribution in [0, 0.1) is 22.7 Å². The second-order valence-corrected chi connectivity index (χ2v) is 16.4. The van der Waals surface area contributed by atoms with Crippen LogP contribution in [0.1, 0.15) is 124 Å². The lowest BCUT2D eigenvalue weighted by Gasteiger charge is -2.27. The molecule has 0 spiro atoms. The lowest BCUT2D eigenvalue weighted by Crippen LogP contribution is -2.25. The second-order valence-electron chi connectivity index (χ2n) is 15.2. The molecule has 1 aliphatic rings. The van der Waals surface area contributed by atoms with E-state index in [9.17, 15) is 19.8 Å². The lowest BCUT2D eigenvalue weighted by atomic mass is 9.78.